The molecule has 0 saturated carbocycles. The zero-order valence-corrected chi connectivity index (χ0v) is 17.8. The molecule has 0 aliphatic carbocycles. The lowest BCUT2D eigenvalue weighted by Crippen LogP contribution is -2.52. The molecule has 8 nitrogen and oxygen atoms in total. The Kier molecular flexibility index (Phi) is 6.58. The van der Waals surface area contributed by atoms with Crippen LogP contribution in [0.5, 0.6) is 11.5 Å². The number of nitrogens with one attached hydrogen (secondary N) is 2. The Morgan fingerprint density at radius 1 is 1.17 bits per heavy atom. The first kappa shape index (κ1) is 20.9. The Balaban J connectivity index is 1.69. The summed E-state index contributed by atoms with van der Waals surface area (Å²) in [5, 5.41) is 7.94. The number of carbonyl (C=O) groups is 2. The summed E-state index contributed by atoms with van der Waals surface area (Å²) in [5.41, 5.74) is 2.14. The van der Waals surface area contributed by atoms with Crippen LogP contribution in [0.25, 0.3) is 0 Å². The van der Waals surface area contributed by atoms with Crippen LogP contribution in [-0.2, 0) is 17.8 Å². The topological polar surface area (TPSA) is 92.8 Å². The number of nitrogens with zero attached hydrogens (tertiary/aromatic N) is 2. The molecule has 3 amide bonds. The van der Waals surface area contributed by atoms with Gasteiger partial charge in [-0.25, -0.2) is 9.78 Å². The highest BCUT2D eigenvalue weighted by atomic mass is 32.1. The number of thiazole rings is 1. The Hall–Kier alpha value is -2.81. The Labute approximate surface area is 174 Å². The number of hydrogen-bond donors (Lipinski definition) is 2. The molecule has 156 valence electrons. The highest BCUT2D eigenvalue weighted by Crippen LogP contribution is 2.33. The summed E-state index contributed by atoms with van der Waals surface area (Å²) in [5.74, 6) is 0.978. The molecule has 0 spiro atoms. The monoisotopic (exact) mass is 418 g/mol. The molecule has 0 fully saturated rings. The number of anilines is 1. The van der Waals surface area contributed by atoms with Crippen LogP contribution < -0.4 is 20.1 Å². The number of fused-ring (bicyclic) bond motifs is 1. The number of aromatic nitrogens is 1. The molecule has 9 heteroatoms. The number of methoxy groups -OCH3 is 2. The molecule has 29 heavy (non-hydrogen) atoms. The second-order valence-electron chi connectivity index (χ2n) is 7.15. The van der Waals surface area contributed by atoms with Crippen molar-refractivity contribution in [3.05, 3.63) is 34.8 Å². The van der Waals surface area contributed by atoms with E-state index in [1.54, 1.807) is 30.7 Å². The third-order valence-corrected chi connectivity index (χ3v) is 5.58. The van der Waals surface area contributed by atoms with Crippen molar-refractivity contribution in [2.24, 2.45) is 5.92 Å². The average Bonchev–Trinajstić information content (AvgIpc) is 3.22. The van der Waals surface area contributed by atoms with Crippen LogP contribution in [0.15, 0.2) is 23.7 Å². The minimum absolute atomic E-state index is 0.0691. The lowest BCUT2D eigenvalue weighted by Gasteiger charge is -2.31. The van der Waals surface area contributed by atoms with Crippen LogP contribution >= 0.6 is 11.3 Å². The van der Waals surface area contributed by atoms with E-state index in [0.717, 1.165) is 11.1 Å². The van der Waals surface area contributed by atoms with Crippen molar-refractivity contribution < 1.29 is 19.1 Å². The van der Waals surface area contributed by atoms with E-state index in [1.165, 1.54) is 11.3 Å². The van der Waals surface area contributed by atoms with E-state index in [4.69, 9.17) is 9.47 Å². The third-order valence-electron chi connectivity index (χ3n) is 4.90. The molecule has 2 aromatic rings. The van der Waals surface area contributed by atoms with E-state index in [0.29, 0.717) is 36.1 Å². The fraction of sp³-hybridized carbons (Fsp3) is 0.450. The molecule has 3 rings (SSSR count). The molecular formula is C20H26N4O4S. The fourth-order valence-electron chi connectivity index (χ4n) is 3.28. The molecule has 1 atom stereocenters. The number of amides is 3. The van der Waals surface area contributed by atoms with Crippen molar-refractivity contribution in [1.29, 1.82) is 0 Å². The van der Waals surface area contributed by atoms with Gasteiger partial charge in [0.05, 0.1) is 14.2 Å². The summed E-state index contributed by atoms with van der Waals surface area (Å²) in [6, 6.07) is 2.95. The van der Waals surface area contributed by atoms with Gasteiger partial charge in [0.15, 0.2) is 16.6 Å². The summed E-state index contributed by atoms with van der Waals surface area (Å²) in [4.78, 5) is 31.3. The van der Waals surface area contributed by atoms with Crippen molar-refractivity contribution >= 4 is 28.4 Å². The van der Waals surface area contributed by atoms with E-state index < -0.39 is 6.04 Å². The second-order valence-corrected chi connectivity index (χ2v) is 8.04. The van der Waals surface area contributed by atoms with Gasteiger partial charge in [0.2, 0.25) is 5.91 Å². The first-order valence-corrected chi connectivity index (χ1v) is 10.3. The van der Waals surface area contributed by atoms with Crippen LogP contribution in [0.4, 0.5) is 9.93 Å². The van der Waals surface area contributed by atoms with Gasteiger partial charge in [0.25, 0.3) is 0 Å². The predicted molar refractivity (Wildman–Crippen MR) is 112 cm³/mol. The van der Waals surface area contributed by atoms with Crippen LogP contribution in [0, 0.1) is 5.92 Å². The van der Waals surface area contributed by atoms with Crippen molar-refractivity contribution in [1.82, 2.24) is 15.2 Å². The van der Waals surface area contributed by atoms with Crippen molar-refractivity contribution in [3.8, 4) is 11.5 Å². The lowest BCUT2D eigenvalue weighted by atomic mass is 9.99. The van der Waals surface area contributed by atoms with Crippen molar-refractivity contribution in [2.75, 3.05) is 26.1 Å². The molecule has 1 aromatic heterocycles. The minimum atomic E-state index is -0.654. The van der Waals surface area contributed by atoms with Gasteiger partial charge in [0, 0.05) is 24.7 Å². The van der Waals surface area contributed by atoms with Crippen LogP contribution in [0.1, 0.15) is 25.0 Å². The van der Waals surface area contributed by atoms with Gasteiger partial charge < -0.3 is 25.0 Å². The molecule has 1 aliphatic rings. The lowest BCUT2D eigenvalue weighted by molar-refractivity contribution is -0.118. The number of benzene rings is 1. The third kappa shape index (κ3) is 4.79. The molecular weight excluding hydrogens is 392 g/mol. The Morgan fingerprint density at radius 2 is 1.86 bits per heavy atom. The first-order chi connectivity index (χ1) is 13.9. The number of hydrogen-bond acceptors (Lipinski definition) is 6. The number of rotatable bonds is 6. The second kappa shape index (κ2) is 9.13. The van der Waals surface area contributed by atoms with Gasteiger partial charge in [-0.1, -0.05) is 13.8 Å². The number of carbonyl (C=O) groups excluding carboxylic acids is 2. The standard InChI is InChI=1S/C20H26N4O4S/c1-12(2)17(18(25)23-19-21-6-8-29-19)22-20(26)24-7-5-13-9-15(27-3)16(28-4)10-14(13)11-24/h6,8-10,12,17H,5,7,11H2,1-4H3,(H,22,26)(H,21,23,25). The van der Waals surface area contributed by atoms with Gasteiger partial charge in [0.1, 0.15) is 6.04 Å². The SMILES string of the molecule is COc1cc2c(cc1OC)CN(C(=O)NC(C(=O)Nc1nccs1)C(C)C)CC2. The first-order valence-electron chi connectivity index (χ1n) is 9.42. The van der Waals surface area contributed by atoms with E-state index in [1.807, 2.05) is 26.0 Å². The summed E-state index contributed by atoms with van der Waals surface area (Å²) in [6.45, 7) is 4.80. The zero-order valence-electron chi connectivity index (χ0n) is 17.0. The normalized spacial score (nSPS) is 14.2. The maximum Gasteiger partial charge on any atom is 0.318 e. The zero-order chi connectivity index (χ0) is 21.0. The number of urea groups is 1. The molecule has 0 bridgehead atoms. The largest absolute Gasteiger partial charge is 0.493 e. The van der Waals surface area contributed by atoms with Gasteiger partial charge >= 0.3 is 6.03 Å². The summed E-state index contributed by atoms with van der Waals surface area (Å²) < 4.78 is 10.7. The Bertz CT molecular complexity index is 870. The predicted octanol–water partition coefficient (Wildman–Crippen LogP) is 2.89. The summed E-state index contributed by atoms with van der Waals surface area (Å²) in [6.07, 6.45) is 2.33. The smallest absolute Gasteiger partial charge is 0.318 e. The molecule has 0 saturated heterocycles. The maximum absolute atomic E-state index is 12.9. The van der Waals surface area contributed by atoms with Gasteiger partial charge in [-0.2, -0.15) is 0 Å². The molecule has 1 aliphatic heterocycles. The van der Waals surface area contributed by atoms with Crippen LogP contribution in [0.2, 0.25) is 0 Å². The fourth-order valence-corrected chi connectivity index (χ4v) is 3.82. The highest BCUT2D eigenvalue weighted by Gasteiger charge is 2.29. The quantitative estimate of drug-likeness (QED) is 0.753. The molecule has 1 aromatic carbocycles. The average molecular weight is 419 g/mol. The Morgan fingerprint density at radius 3 is 2.45 bits per heavy atom. The van der Waals surface area contributed by atoms with Crippen LogP contribution in [-0.4, -0.2) is 48.6 Å². The number of ether oxygens (including phenoxy) is 2. The van der Waals surface area contributed by atoms with Gasteiger partial charge in [-0.15, -0.1) is 11.3 Å². The summed E-state index contributed by atoms with van der Waals surface area (Å²) in [7, 11) is 3.20. The van der Waals surface area contributed by atoms with Crippen molar-refractivity contribution in [3.63, 3.8) is 0 Å². The molecule has 2 heterocycles. The molecule has 0 radical (unpaired) electrons. The summed E-state index contributed by atoms with van der Waals surface area (Å²) >= 11 is 1.34. The maximum atomic E-state index is 12.9. The van der Waals surface area contributed by atoms with E-state index in [9.17, 15) is 9.59 Å². The highest BCUT2D eigenvalue weighted by molar-refractivity contribution is 7.13. The molecule has 1 unspecified atom stereocenters. The van der Waals surface area contributed by atoms with E-state index in [2.05, 4.69) is 15.6 Å². The van der Waals surface area contributed by atoms with Crippen LogP contribution in [0.3, 0.4) is 0 Å². The van der Waals surface area contributed by atoms with Gasteiger partial charge in [-0.3, -0.25) is 4.79 Å². The van der Waals surface area contributed by atoms with Crippen molar-refractivity contribution in [2.45, 2.75) is 32.9 Å². The van der Waals surface area contributed by atoms with Gasteiger partial charge in [-0.05, 0) is 35.6 Å². The minimum Gasteiger partial charge on any atom is -0.493 e. The van der Waals surface area contributed by atoms with E-state index in [-0.39, 0.29) is 17.9 Å². The molecule has 2 N–H and O–H groups in total. The van der Waals surface area contributed by atoms with E-state index >= 15 is 0 Å².